The molecule has 2 heterocycles. The van der Waals surface area contributed by atoms with Crippen LogP contribution in [0.25, 0.3) is 49.7 Å². The van der Waals surface area contributed by atoms with Crippen molar-refractivity contribution < 1.29 is 0 Å². The highest BCUT2D eigenvalue weighted by molar-refractivity contribution is 6.13. The number of fused-ring (bicyclic) bond motifs is 6. The van der Waals surface area contributed by atoms with Gasteiger partial charge in [0.25, 0.3) is 6.21 Å². The number of aromatic nitrogens is 1. The third-order valence-corrected chi connectivity index (χ3v) is 10.9. The highest BCUT2D eigenvalue weighted by atomic mass is 15.1. The summed E-state index contributed by atoms with van der Waals surface area (Å²) < 4.78 is 6.89. The Hall–Kier alpha value is -6.67. The summed E-state index contributed by atoms with van der Waals surface area (Å²) in [7, 11) is 0. The topological polar surface area (TPSA) is 22.3 Å². The minimum absolute atomic E-state index is 0.0902. The summed E-state index contributed by atoms with van der Waals surface area (Å²) in [5.41, 5.74) is 16.7. The average molecular weight is 667 g/mol. The van der Waals surface area contributed by atoms with E-state index in [4.69, 9.17) is 0 Å². The van der Waals surface area contributed by atoms with Crippen LogP contribution in [0.2, 0.25) is 0 Å². The van der Waals surface area contributed by atoms with Crippen LogP contribution in [0, 0.1) is 0 Å². The molecule has 1 aliphatic heterocycles. The lowest BCUT2D eigenvalue weighted by atomic mass is 9.82. The second-order valence-corrected chi connectivity index (χ2v) is 14.3. The number of allylic oxidation sites excluding steroid dienone is 2. The molecule has 3 heteroatoms. The summed E-state index contributed by atoms with van der Waals surface area (Å²) in [4.78, 5) is 2.38. The maximum atomic E-state index is 4.53. The molecule has 3 nitrogen and oxygen atoms in total. The standard InChI is InChI=1S/C49H36N3/c1-49(2)44-15-8-6-13-40(44)41-28-27-39(32-45(41)49)51(38-25-20-34(21-26-38)46-16-10-30-50-46)37-23-18-33(19-24-37)35-22-29-48-43(31-35)42-14-7-9-17-47(42)52(48)36-11-4-3-5-12-36/h3-32H,1-2H3/q+1. The van der Waals surface area contributed by atoms with Gasteiger partial charge in [0.15, 0.2) is 0 Å². The van der Waals surface area contributed by atoms with Gasteiger partial charge in [0.05, 0.1) is 16.6 Å². The van der Waals surface area contributed by atoms with Gasteiger partial charge in [-0.3, -0.25) is 0 Å². The molecular formula is C49H36N3+. The molecule has 7 aromatic carbocycles. The molecule has 8 aromatic rings. The molecule has 52 heavy (non-hydrogen) atoms. The van der Waals surface area contributed by atoms with E-state index in [0.717, 1.165) is 28.3 Å². The molecule has 2 aliphatic rings. The summed E-state index contributed by atoms with van der Waals surface area (Å²) in [6.45, 7) is 4.69. The molecule has 1 aliphatic carbocycles. The first-order valence-electron chi connectivity index (χ1n) is 18.0. The predicted octanol–water partition coefficient (Wildman–Crippen LogP) is 11.7. The molecule has 246 valence electrons. The van der Waals surface area contributed by atoms with Gasteiger partial charge in [-0.05, 0) is 112 Å². The molecule has 0 radical (unpaired) electrons. The van der Waals surface area contributed by atoms with Crippen LogP contribution in [0.3, 0.4) is 0 Å². The minimum Gasteiger partial charge on any atom is -0.310 e. The van der Waals surface area contributed by atoms with Gasteiger partial charge in [-0.25, -0.2) is 0 Å². The fraction of sp³-hybridized carbons (Fsp3) is 0.0612. The van der Waals surface area contributed by atoms with Gasteiger partial charge in [-0.15, -0.1) is 0 Å². The molecule has 0 bridgehead atoms. The zero-order chi connectivity index (χ0) is 34.8. The highest BCUT2D eigenvalue weighted by Crippen LogP contribution is 2.50. The zero-order valence-corrected chi connectivity index (χ0v) is 29.2. The van der Waals surface area contributed by atoms with E-state index < -0.39 is 0 Å². The first-order chi connectivity index (χ1) is 25.5. The average Bonchev–Trinajstić information content (AvgIpc) is 3.91. The quantitative estimate of drug-likeness (QED) is 0.162. The van der Waals surface area contributed by atoms with Crippen molar-refractivity contribution in [3.63, 3.8) is 0 Å². The number of para-hydroxylation sites is 2. The number of rotatable bonds is 6. The van der Waals surface area contributed by atoms with Gasteiger partial charge in [-0.1, -0.05) is 103 Å². The first-order valence-corrected chi connectivity index (χ1v) is 18.0. The Balaban J connectivity index is 1.07. The molecule has 0 amide bonds. The number of hydrogen-bond donors (Lipinski definition) is 0. The molecule has 1 aromatic heterocycles. The molecule has 0 atom stereocenters. The highest BCUT2D eigenvalue weighted by Gasteiger charge is 2.35. The Morgan fingerprint density at radius 1 is 0.500 bits per heavy atom. The molecule has 0 fully saturated rings. The van der Waals surface area contributed by atoms with Crippen LogP contribution < -0.4 is 9.57 Å². The van der Waals surface area contributed by atoms with Crippen LogP contribution >= 0.6 is 0 Å². The van der Waals surface area contributed by atoms with E-state index in [2.05, 4.69) is 198 Å². The number of anilines is 3. The Morgan fingerprint density at radius 3 is 1.90 bits per heavy atom. The van der Waals surface area contributed by atoms with Crippen molar-refractivity contribution in [3.8, 4) is 27.9 Å². The summed E-state index contributed by atoms with van der Waals surface area (Å²) in [5.74, 6) is 0. The number of benzene rings is 7. The van der Waals surface area contributed by atoms with E-state index in [9.17, 15) is 0 Å². The van der Waals surface area contributed by atoms with Crippen LogP contribution in [-0.2, 0) is 5.41 Å². The van der Waals surface area contributed by atoms with Crippen LogP contribution in [0.5, 0.6) is 0 Å². The van der Waals surface area contributed by atoms with Crippen molar-refractivity contribution in [1.29, 1.82) is 0 Å². The van der Waals surface area contributed by atoms with Gasteiger partial charge in [0.2, 0.25) is 0 Å². The van der Waals surface area contributed by atoms with Gasteiger partial charge in [0, 0.05) is 51.1 Å². The van der Waals surface area contributed by atoms with Crippen LogP contribution in [-0.4, -0.2) is 16.5 Å². The third kappa shape index (κ3) is 4.71. The monoisotopic (exact) mass is 666 g/mol. The fourth-order valence-electron chi connectivity index (χ4n) is 8.34. The van der Waals surface area contributed by atoms with Crippen molar-refractivity contribution >= 4 is 50.8 Å². The van der Waals surface area contributed by atoms with Gasteiger partial charge >= 0.3 is 5.71 Å². The SMILES string of the molecule is CC1(C)c2ccccc2-c2ccc(N(c3ccc(C4=[N+]=CC=C4)cc3)c3ccc(-c4ccc5c(c4)c4ccccc4n5-c4ccccc4)cc3)cc21. The molecule has 0 saturated heterocycles. The Bertz CT molecular complexity index is 2770. The van der Waals surface area contributed by atoms with E-state index >= 15 is 0 Å². The first kappa shape index (κ1) is 30.2. The molecule has 0 unspecified atom stereocenters. The van der Waals surface area contributed by atoms with E-state index in [0.29, 0.717) is 0 Å². The minimum atomic E-state index is -0.0902. The van der Waals surface area contributed by atoms with Crippen LogP contribution in [0.15, 0.2) is 176 Å². The lowest BCUT2D eigenvalue weighted by Gasteiger charge is -2.28. The maximum absolute atomic E-state index is 4.53. The van der Waals surface area contributed by atoms with Crippen LogP contribution in [0.1, 0.15) is 30.5 Å². The van der Waals surface area contributed by atoms with Crippen molar-refractivity contribution in [2.75, 3.05) is 4.90 Å². The smallest absolute Gasteiger partial charge is 0.310 e. The van der Waals surface area contributed by atoms with Crippen LogP contribution in [0.4, 0.5) is 17.1 Å². The predicted molar refractivity (Wildman–Crippen MR) is 220 cm³/mol. The molecule has 0 spiro atoms. The second-order valence-electron chi connectivity index (χ2n) is 14.3. The van der Waals surface area contributed by atoms with Gasteiger partial charge in [0.1, 0.15) is 0 Å². The summed E-state index contributed by atoms with van der Waals surface area (Å²) >= 11 is 0. The summed E-state index contributed by atoms with van der Waals surface area (Å²) in [5, 5.41) is 2.51. The normalized spacial score (nSPS) is 13.8. The Kier molecular flexibility index (Phi) is 6.79. The lowest BCUT2D eigenvalue weighted by Crippen LogP contribution is -2.16. The lowest BCUT2D eigenvalue weighted by molar-refractivity contribution is 0.660. The Labute approximate surface area is 303 Å². The second kappa shape index (κ2) is 11.7. The Morgan fingerprint density at radius 2 is 1.13 bits per heavy atom. The molecular weight excluding hydrogens is 631 g/mol. The zero-order valence-electron chi connectivity index (χ0n) is 29.2. The molecule has 0 saturated carbocycles. The molecule has 10 rings (SSSR count). The van der Waals surface area contributed by atoms with Crippen molar-refractivity contribution in [1.82, 2.24) is 9.24 Å². The fourth-order valence-corrected chi connectivity index (χ4v) is 8.34. The van der Waals surface area contributed by atoms with Gasteiger partial charge < -0.3 is 9.47 Å². The number of hydrogen-bond acceptors (Lipinski definition) is 1. The van der Waals surface area contributed by atoms with E-state index in [1.807, 2.05) is 12.3 Å². The summed E-state index contributed by atoms with van der Waals surface area (Å²) in [6.07, 6.45) is 5.89. The van der Waals surface area contributed by atoms with E-state index in [1.54, 1.807) is 0 Å². The largest absolute Gasteiger partial charge is 0.334 e. The van der Waals surface area contributed by atoms with E-state index in [1.165, 1.54) is 60.9 Å². The van der Waals surface area contributed by atoms with E-state index in [-0.39, 0.29) is 5.41 Å². The van der Waals surface area contributed by atoms with Gasteiger partial charge in [-0.2, -0.15) is 0 Å². The van der Waals surface area contributed by atoms with Crippen molar-refractivity contribution in [2.45, 2.75) is 19.3 Å². The van der Waals surface area contributed by atoms with Crippen molar-refractivity contribution in [2.24, 2.45) is 0 Å². The summed E-state index contributed by atoms with van der Waals surface area (Å²) in [6, 6.07) is 59.8. The number of nitrogens with zero attached hydrogens (tertiary/aromatic N) is 3. The van der Waals surface area contributed by atoms with Crippen molar-refractivity contribution in [3.05, 3.63) is 193 Å². The molecule has 0 N–H and O–H groups in total. The third-order valence-electron chi connectivity index (χ3n) is 10.9. The maximum Gasteiger partial charge on any atom is 0.334 e.